The maximum Gasteiger partial charge on any atom is 0.524 e. The minimum atomic E-state index is -4.67. The lowest BCUT2D eigenvalue weighted by atomic mass is 10.3. The molecule has 0 fully saturated rings. The van der Waals surface area contributed by atoms with Crippen LogP contribution in [0.25, 0.3) is 0 Å². The van der Waals surface area contributed by atoms with Crippen molar-refractivity contribution in [3.8, 4) is 11.5 Å². The highest BCUT2D eigenvalue weighted by molar-refractivity contribution is 7.46. The Hall–Kier alpha value is -1.10. The van der Waals surface area contributed by atoms with Crippen LogP contribution in [0.4, 0.5) is 4.39 Å². The van der Waals surface area contributed by atoms with Crippen molar-refractivity contribution in [1.82, 2.24) is 0 Å². The maximum absolute atomic E-state index is 12.6. The molecule has 0 saturated carbocycles. The number of phosphoric ester groups is 1. The molecule has 5 nitrogen and oxygen atoms in total. The van der Waals surface area contributed by atoms with Gasteiger partial charge in [0.2, 0.25) is 0 Å². The molecule has 72 valence electrons. The zero-order chi connectivity index (χ0) is 10.1. The van der Waals surface area contributed by atoms with E-state index in [4.69, 9.17) is 14.9 Å². The second kappa shape index (κ2) is 3.33. The van der Waals surface area contributed by atoms with Crippen molar-refractivity contribution in [2.24, 2.45) is 0 Å². The third kappa shape index (κ3) is 3.02. The van der Waals surface area contributed by atoms with Gasteiger partial charge in [0.25, 0.3) is 0 Å². The standard InChI is InChI=1S/C6H6FO5P/c7-5-3-4(1-2-6(5)8)12-13(9,10)11/h1-3,8H,(H2,9,10,11). The van der Waals surface area contributed by atoms with E-state index in [0.717, 1.165) is 12.1 Å². The molecule has 0 heterocycles. The fourth-order valence-electron chi connectivity index (χ4n) is 0.682. The van der Waals surface area contributed by atoms with Crippen LogP contribution in [0.2, 0.25) is 0 Å². The fraction of sp³-hybridized carbons (Fsp3) is 0. The van der Waals surface area contributed by atoms with Crippen molar-refractivity contribution < 1.29 is 28.4 Å². The van der Waals surface area contributed by atoms with Gasteiger partial charge in [0.1, 0.15) is 5.75 Å². The number of hydrogen-bond donors (Lipinski definition) is 3. The molecule has 0 radical (unpaired) electrons. The Balaban J connectivity index is 2.92. The molecule has 1 rings (SSSR count). The summed E-state index contributed by atoms with van der Waals surface area (Å²) in [6.45, 7) is 0. The largest absolute Gasteiger partial charge is 0.524 e. The summed E-state index contributed by atoms with van der Waals surface area (Å²) in [6, 6.07) is 2.65. The summed E-state index contributed by atoms with van der Waals surface area (Å²) >= 11 is 0. The van der Waals surface area contributed by atoms with E-state index in [-0.39, 0.29) is 5.75 Å². The lowest BCUT2D eigenvalue weighted by Gasteiger charge is -2.06. The lowest BCUT2D eigenvalue weighted by molar-refractivity contribution is 0.282. The first-order chi connectivity index (χ1) is 5.88. The molecule has 7 heteroatoms. The summed E-state index contributed by atoms with van der Waals surface area (Å²) in [5.41, 5.74) is 0. The molecule has 0 amide bonds. The third-order valence-corrected chi connectivity index (χ3v) is 1.59. The van der Waals surface area contributed by atoms with Gasteiger partial charge in [0.05, 0.1) is 0 Å². The van der Waals surface area contributed by atoms with Gasteiger partial charge >= 0.3 is 7.82 Å². The molecule has 0 unspecified atom stereocenters. The predicted molar refractivity (Wildman–Crippen MR) is 40.7 cm³/mol. The third-order valence-electron chi connectivity index (χ3n) is 1.14. The number of phenolic OH excluding ortho intramolecular Hbond substituents is 1. The Morgan fingerprint density at radius 3 is 2.46 bits per heavy atom. The quantitative estimate of drug-likeness (QED) is 0.631. The van der Waals surface area contributed by atoms with Gasteiger partial charge in [-0.25, -0.2) is 8.96 Å². The Labute approximate surface area is 72.6 Å². The summed E-state index contributed by atoms with van der Waals surface area (Å²) in [5.74, 6) is -1.97. The van der Waals surface area contributed by atoms with Crippen LogP contribution in [0.5, 0.6) is 11.5 Å². The predicted octanol–water partition coefficient (Wildman–Crippen LogP) is 1.00. The Morgan fingerprint density at radius 2 is 2.00 bits per heavy atom. The Morgan fingerprint density at radius 1 is 1.38 bits per heavy atom. The van der Waals surface area contributed by atoms with Gasteiger partial charge in [0, 0.05) is 6.07 Å². The van der Waals surface area contributed by atoms with E-state index in [0.29, 0.717) is 6.07 Å². The van der Waals surface area contributed by atoms with Crippen LogP contribution < -0.4 is 4.52 Å². The highest BCUT2D eigenvalue weighted by Gasteiger charge is 2.16. The van der Waals surface area contributed by atoms with E-state index in [9.17, 15) is 8.96 Å². The topological polar surface area (TPSA) is 87.0 Å². The van der Waals surface area contributed by atoms with Gasteiger partial charge in [0.15, 0.2) is 11.6 Å². The van der Waals surface area contributed by atoms with E-state index in [1.807, 2.05) is 0 Å². The zero-order valence-corrected chi connectivity index (χ0v) is 7.11. The summed E-state index contributed by atoms with van der Waals surface area (Å²) in [5, 5.41) is 8.72. The van der Waals surface area contributed by atoms with E-state index >= 15 is 0 Å². The smallest absolute Gasteiger partial charge is 0.505 e. The van der Waals surface area contributed by atoms with Gasteiger partial charge < -0.3 is 9.63 Å². The summed E-state index contributed by atoms with van der Waals surface area (Å²) in [7, 11) is -4.67. The first-order valence-electron chi connectivity index (χ1n) is 3.12. The molecule has 1 aromatic rings. The molecule has 0 aromatic heterocycles. The molecule has 0 spiro atoms. The molecule has 0 aliphatic rings. The first-order valence-corrected chi connectivity index (χ1v) is 4.65. The molecule has 0 aliphatic carbocycles. The second-order valence-electron chi connectivity index (χ2n) is 2.20. The minimum absolute atomic E-state index is 0.344. The van der Waals surface area contributed by atoms with Gasteiger partial charge in [-0.05, 0) is 12.1 Å². The monoisotopic (exact) mass is 208 g/mol. The molecule has 3 N–H and O–H groups in total. The van der Waals surface area contributed by atoms with Gasteiger partial charge in [-0.2, -0.15) is 0 Å². The zero-order valence-electron chi connectivity index (χ0n) is 6.22. The number of aromatic hydroxyl groups is 1. The normalized spacial score (nSPS) is 11.3. The molecule has 0 atom stereocenters. The molecule has 0 aliphatic heterocycles. The Kier molecular flexibility index (Phi) is 2.56. The number of halogens is 1. The van der Waals surface area contributed by atoms with Crippen molar-refractivity contribution in [3.05, 3.63) is 24.0 Å². The van der Waals surface area contributed by atoms with Crippen LogP contribution >= 0.6 is 7.82 Å². The van der Waals surface area contributed by atoms with Crippen LogP contribution in [-0.2, 0) is 4.57 Å². The van der Waals surface area contributed by atoms with Gasteiger partial charge in [-0.3, -0.25) is 9.79 Å². The van der Waals surface area contributed by atoms with E-state index in [1.54, 1.807) is 0 Å². The highest BCUT2D eigenvalue weighted by atomic mass is 31.2. The summed E-state index contributed by atoms with van der Waals surface area (Å²) in [6.07, 6.45) is 0. The number of rotatable bonds is 2. The van der Waals surface area contributed by atoms with Crippen LogP contribution in [0, 0.1) is 5.82 Å². The van der Waals surface area contributed by atoms with Crippen LogP contribution in [0.15, 0.2) is 18.2 Å². The number of hydrogen-bond acceptors (Lipinski definition) is 3. The molecule has 1 aromatic carbocycles. The minimum Gasteiger partial charge on any atom is -0.505 e. The van der Waals surface area contributed by atoms with Crippen molar-refractivity contribution in [3.63, 3.8) is 0 Å². The highest BCUT2D eigenvalue weighted by Crippen LogP contribution is 2.38. The van der Waals surface area contributed by atoms with Crippen molar-refractivity contribution in [1.29, 1.82) is 0 Å². The Bertz CT molecular complexity index is 360. The summed E-state index contributed by atoms with van der Waals surface area (Å²) < 4.78 is 26.9. The molecular formula is C6H6FO5P. The molecule has 0 saturated heterocycles. The summed E-state index contributed by atoms with van der Waals surface area (Å²) in [4.78, 5) is 16.7. The molecule has 13 heavy (non-hydrogen) atoms. The van der Waals surface area contributed by atoms with Crippen LogP contribution in [-0.4, -0.2) is 14.9 Å². The van der Waals surface area contributed by atoms with Crippen molar-refractivity contribution in [2.45, 2.75) is 0 Å². The fourth-order valence-corrected chi connectivity index (χ4v) is 1.07. The van der Waals surface area contributed by atoms with E-state index in [1.165, 1.54) is 0 Å². The van der Waals surface area contributed by atoms with Crippen molar-refractivity contribution >= 4 is 7.82 Å². The first kappa shape index (κ1) is 9.98. The maximum atomic E-state index is 12.6. The van der Waals surface area contributed by atoms with Gasteiger partial charge in [-0.15, -0.1) is 0 Å². The van der Waals surface area contributed by atoms with Crippen LogP contribution in [0.1, 0.15) is 0 Å². The number of phenols is 1. The average molecular weight is 208 g/mol. The van der Waals surface area contributed by atoms with Crippen molar-refractivity contribution in [2.75, 3.05) is 0 Å². The average Bonchev–Trinajstić information content (AvgIpc) is 1.94. The molecular weight excluding hydrogens is 202 g/mol. The van der Waals surface area contributed by atoms with Crippen LogP contribution in [0.3, 0.4) is 0 Å². The number of benzene rings is 1. The second-order valence-corrected chi connectivity index (χ2v) is 3.36. The lowest BCUT2D eigenvalue weighted by Crippen LogP contribution is -1.90. The van der Waals surface area contributed by atoms with E-state index < -0.39 is 19.4 Å². The SMILES string of the molecule is O=P(O)(O)Oc1ccc(O)c(F)c1. The number of phosphoric acid groups is 1. The van der Waals surface area contributed by atoms with Gasteiger partial charge in [-0.1, -0.05) is 0 Å². The van der Waals surface area contributed by atoms with E-state index in [2.05, 4.69) is 4.52 Å². The molecule has 0 bridgehead atoms.